The Balaban J connectivity index is 0.000000503. The fourth-order valence-corrected chi connectivity index (χ4v) is 3.50. The molecule has 206 valence electrons. The third-order valence-electron chi connectivity index (χ3n) is 5.47. The van der Waals surface area contributed by atoms with Crippen LogP contribution in [0, 0.1) is 0 Å². The number of nitrogens with zero attached hydrogens (tertiary/aromatic N) is 3. The summed E-state index contributed by atoms with van der Waals surface area (Å²) in [6, 6.07) is 17.7. The van der Waals surface area contributed by atoms with Gasteiger partial charge in [0.25, 0.3) is 0 Å². The number of carbonyl (C=O) groups is 5. The Bertz CT molecular complexity index is 1040. The molecule has 1 saturated heterocycles. The molecule has 1 atom stereocenters. The first-order valence-electron chi connectivity index (χ1n) is 11.3. The van der Waals surface area contributed by atoms with Gasteiger partial charge in [-0.3, -0.25) is 14.6 Å². The Morgan fingerprint density at radius 1 is 0.789 bits per heavy atom. The molecule has 1 heterocycles. The highest BCUT2D eigenvalue weighted by atomic mass is 35.5. The first-order valence-corrected chi connectivity index (χ1v) is 11.7. The number of hydrogen-bond acceptors (Lipinski definition) is 7. The number of carbonyl (C=O) groups excluding carboxylic acids is 1. The van der Waals surface area contributed by atoms with Gasteiger partial charge in [0.1, 0.15) is 0 Å². The second-order valence-electron chi connectivity index (χ2n) is 8.07. The van der Waals surface area contributed by atoms with Gasteiger partial charge in [-0.15, -0.1) is 0 Å². The highest BCUT2D eigenvalue weighted by molar-refractivity contribution is 6.30. The quantitative estimate of drug-likeness (QED) is 0.399. The molecule has 38 heavy (non-hydrogen) atoms. The van der Waals surface area contributed by atoms with E-state index in [1.54, 1.807) is 4.90 Å². The van der Waals surface area contributed by atoms with Crippen LogP contribution in [0.1, 0.15) is 12.5 Å². The number of carboxylic acid groups (broad SMARTS) is 4. The molecule has 1 fully saturated rings. The lowest BCUT2D eigenvalue weighted by molar-refractivity contribution is -0.159. The Morgan fingerprint density at radius 2 is 1.24 bits per heavy atom. The number of piperazine rings is 1. The smallest absolute Gasteiger partial charge is 0.414 e. The van der Waals surface area contributed by atoms with Crippen LogP contribution in [0.4, 0.5) is 5.69 Å². The lowest BCUT2D eigenvalue weighted by Gasteiger charge is -2.38. The van der Waals surface area contributed by atoms with Crippen LogP contribution >= 0.6 is 11.6 Å². The van der Waals surface area contributed by atoms with Crippen molar-refractivity contribution in [2.24, 2.45) is 0 Å². The van der Waals surface area contributed by atoms with E-state index in [-0.39, 0.29) is 11.9 Å². The number of amides is 1. The van der Waals surface area contributed by atoms with Gasteiger partial charge in [0.2, 0.25) is 5.91 Å². The summed E-state index contributed by atoms with van der Waals surface area (Å²) in [7, 11) is 1.85. The van der Waals surface area contributed by atoms with Crippen molar-refractivity contribution in [3.63, 3.8) is 0 Å². The number of carboxylic acids is 4. The molecule has 3 rings (SSSR count). The summed E-state index contributed by atoms with van der Waals surface area (Å²) < 4.78 is 0. The summed E-state index contributed by atoms with van der Waals surface area (Å²) in [4.78, 5) is 55.7. The molecule has 2 aromatic rings. The van der Waals surface area contributed by atoms with Crippen molar-refractivity contribution in [2.45, 2.75) is 19.5 Å². The van der Waals surface area contributed by atoms with Gasteiger partial charge in [-0.1, -0.05) is 41.9 Å². The van der Waals surface area contributed by atoms with Crippen LogP contribution < -0.4 is 4.90 Å². The average molecular weight is 552 g/mol. The maximum absolute atomic E-state index is 12.8. The van der Waals surface area contributed by atoms with Crippen molar-refractivity contribution in [2.75, 3.05) is 38.1 Å². The molecule has 1 amide bonds. The molecule has 1 aliphatic rings. The molecule has 0 saturated carbocycles. The van der Waals surface area contributed by atoms with Gasteiger partial charge in [-0.2, -0.15) is 0 Å². The van der Waals surface area contributed by atoms with E-state index in [0.717, 1.165) is 43.4 Å². The van der Waals surface area contributed by atoms with E-state index in [9.17, 15) is 4.79 Å². The lowest BCUT2D eigenvalue weighted by atomic mass is 10.1. The third-order valence-corrected chi connectivity index (χ3v) is 5.72. The van der Waals surface area contributed by atoms with E-state index in [1.807, 2.05) is 56.4 Å². The van der Waals surface area contributed by atoms with Crippen molar-refractivity contribution in [3.8, 4) is 0 Å². The van der Waals surface area contributed by atoms with Gasteiger partial charge in [0.05, 0.1) is 6.04 Å². The predicted octanol–water partition coefficient (Wildman–Crippen LogP) is 1.82. The van der Waals surface area contributed by atoms with E-state index in [1.165, 1.54) is 5.56 Å². The zero-order chi connectivity index (χ0) is 28.8. The number of para-hydroxylation sites is 1. The highest BCUT2D eigenvalue weighted by Gasteiger charge is 2.28. The zero-order valence-corrected chi connectivity index (χ0v) is 21.6. The average Bonchev–Trinajstić information content (AvgIpc) is 2.90. The molecule has 13 heteroatoms. The minimum absolute atomic E-state index is 0.113. The topological polar surface area (TPSA) is 176 Å². The Kier molecular flexibility index (Phi) is 13.5. The second-order valence-corrected chi connectivity index (χ2v) is 8.50. The molecule has 2 aromatic carbocycles. The normalized spacial score (nSPS) is 14.0. The summed E-state index contributed by atoms with van der Waals surface area (Å²) in [5.41, 5.74) is 2.21. The van der Waals surface area contributed by atoms with E-state index < -0.39 is 23.9 Å². The number of hydrogen-bond donors (Lipinski definition) is 4. The Labute approximate surface area is 224 Å². The van der Waals surface area contributed by atoms with Crippen LogP contribution in [0.3, 0.4) is 0 Å². The standard InChI is InChI=1S/C21H26ClN3O.2C2H2O4/c1-17(21(26)23(2)20-6-4-3-5-7-20)25-14-12-24(13-15-25)16-18-8-10-19(22)11-9-18;2*3-1(4)2(5)6/h3-11,17H,12-16H2,1-2H3;2*(H,3,4)(H,5,6). The number of anilines is 1. The minimum atomic E-state index is -1.82. The maximum atomic E-state index is 12.8. The van der Waals surface area contributed by atoms with Gasteiger partial charge in [0, 0.05) is 50.5 Å². The fraction of sp³-hybridized carbons (Fsp3) is 0.320. The summed E-state index contributed by atoms with van der Waals surface area (Å²) in [6.07, 6.45) is 0. The van der Waals surface area contributed by atoms with Crippen LogP contribution in [-0.4, -0.2) is 99.3 Å². The molecular formula is C25H30ClN3O9. The molecule has 4 N–H and O–H groups in total. The van der Waals surface area contributed by atoms with Crippen LogP contribution in [0.25, 0.3) is 0 Å². The Morgan fingerprint density at radius 3 is 1.66 bits per heavy atom. The molecule has 0 bridgehead atoms. The first-order chi connectivity index (χ1) is 17.8. The van der Waals surface area contributed by atoms with Crippen molar-refractivity contribution in [3.05, 3.63) is 65.2 Å². The van der Waals surface area contributed by atoms with Gasteiger partial charge in [0.15, 0.2) is 0 Å². The molecular weight excluding hydrogens is 522 g/mol. The van der Waals surface area contributed by atoms with Crippen LogP contribution in [0.15, 0.2) is 54.6 Å². The maximum Gasteiger partial charge on any atom is 0.414 e. The van der Waals surface area contributed by atoms with Crippen LogP contribution in [0.5, 0.6) is 0 Å². The summed E-state index contributed by atoms with van der Waals surface area (Å²) in [6.45, 7) is 6.69. The monoisotopic (exact) mass is 551 g/mol. The van der Waals surface area contributed by atoms with Crippen LogP contribution in [-0.2, 0) is 30.5 Å². The van der Waals surface area contributed by atoms with Gasteiger partial charge < -0.3 is 25.3 Å². The number of aliphatic carboxylic acids is 4. The van der Waals surface area contributed by atoms with Gasteiger partial charge in [-0.25, -0.2) is 19.2 Å². The van der Waals surface area contributed by atoms with E-state index in [2.05, 4.69) is 21.9 Å². The SMILES string of the molecule is CC(C(=O)N(C)c1ccccc1)N1CCN(Cc2ccc(Cl)cc2)CC1.O=C(O)C(=O)O.O=C(O)C(=O)O. The van der Waals surface area contributed by atoms with Crippen molar-refractivity contribution in [1.29, 1.82) is 0 Å². The van der Waals surface area contributed by atoms with Crippen molar-refractivity contribution >= 4 is 47.1 Å². The molecule has 1 unspecified atom stereocenters. The van der Waals surface area contributed by atoms with Crippen LogP contribution in [0.2, 0.25) is 5.02 Å². The molecule has 0 aliphatic carbocycles. The second kappa shape index (κ2) is 16.0. The first kappa shape index (κ1) is 32.0. The number of likely N-dealkylation sites (N-methyl/N-ethyl adjacent to an activating group) is 1. The van der Waals surface area contributed by atoms with Crippen molar-refractivity contribution in [1.82, 2.24) is 9.80 Å². The largest absolute Gasteiger partial charge is 0.473 e. The highest BCUT2D eigenvalue weighted by Crippen LogP contribution is 2.17. The summed E-state index contributed by atoms with van der Waals surface area (Å²) in [5.74, 6) is -7.16. The molecule has 0 radical (unpaired) electrons. The molecule has 0 spiro atoms. The third kappa shape index (κ3) is 11.4. The van der Waals surface area contributed by atoms with Gasteiger partial charge >= 0.3 is 23.9 Å². The fourth-order valence-electron chi connectivity index (χ4n) is 3.37. The number of rotatable bonds is 5. The van der Waals surface area contributed by atoms with Crippen molar-refractivity contribution < 1.29 is 44.4 Å². The summed E-state index contributed by atoms with van der Waals surface area (Å²) in [5, 5.41) is 30.3. The van der Waals surface area contributed by atoms with E-state index >= 15 is 0 Å². The lowest BCUT2D eigenvalue weighted by Crippen LogP contribution is -2.53. The van der Waals surface area contributed by atoms with E-state index in [0.29, 0.717) is 0 Å². The predicted molar refractivity (Wildman–Crippen MR) is 138 cm³/mol. The van der Waals surface area contributed by atoms with E-state index in [4.69, 9.17) is 51.2 Å². The number of benzene rings is 2. The molecule has 0 aromatic heterocycles. The number of halogens is 1. The molecule has 12 nitrogen and oxygen atoms in total. The summed E-state index contributed by atoms with van der Waals surface area (Å²) >= 11 is 5.95. The van der Waals surface area contributed by atoms with Gasteiger partial charge in [-0.05, 0) is 36.8 Å². The Hall–Kier alpha value is -4.00. The molecule has 1 aliphatic heterocycles. The minimum Gasteiger partial charge on any atom is -0.473 e. The zero-order valence-electron chi connectivity index (χ0n) is 20.9.